The highest BCUT2D eigenvalue weighted by atomic mass is 35.5. The van der Waals surface area contributed by atoms with Crippen LogP contribution in [0.4, 0.5) is 5.13 Å². The Balaban J connectivity index is 1.34. The van der Waals surface area contributed by atoms with Crippen LogP contribution in [0.15, 0.2) is 84.2 Å². The Kier molecular flexibility index (Phi) is 5.57. The molecule has 0 saturated carbocycles. The first-order chi connectivity index (χ1) is 15.6. The molecule has 0 aliphatic rings. The zero-order valence-corrected chi connectivity index (χ0v) is 19.0. The van der Waals surface area contributed by atoms with Gasteiger partial charge in [0.05, 0.1) is 5.69 Å². The predicted molar refractivity (Wildman–Crippen MR) is 138 cm³/mol. The van der Waals surface area contributed by atoms with Gasteiger partial charge in [-0.05, 0) is 40.5 Å². The summed E-state index contributed by atoms with van der Waals surface area (Å²) in [6.45, 7) is 0. The molecular formula is C25H16ClN3OS2. The van der Waals surface area contributed by atoms with Gasteiger partial charge in [-0.2, -0.15) is 0 Å². The number of hydrogen-bond donors (Lipinski definition) is 2. The van der Waals surface area contributed by atoms with Gasteiger partial charge in [-0.1, -0.05) is 78.3 Å². The fraction of sp³-hybridized carbons (Fsp3) is 0. The van der Waals surface area contributed by atoms with Crippen molar-refractivity contribution in [2.24, 2.45) is 0 Å². The molecule has 0 radical (unpaired) electrons. The minimum absolute atomic E-state index is 0.188. The quantitative estimate of drug-likeness (QED) is 0.280. The van der Waals surface area contributed by atoms with Crippen molar-refractivity contribution in [2.45, 2.75) is 0 Å². The smallest absolute Gasteiger partial charge is 0.258 e. The molecule has 0 unspecified atom stereocenters. The number of nitrogens with zero attached hydrogens (tertiary/aromatic N) is 1. The minimum Gasteiger partial charge on any atom is -0.308 e. The Morgan fingerprint density at radius 3 is 2.50 bits per heavy atom. The molecule has 0 atom stereocenters. The molecule has 156 valence electrons. The minimum atomic E-state index is -0.304. The highest BCUT2D eigenvalue weighted by Crippen LogP contribution is 2.31. The first-order valence-corrected chi connectivity index (χ1v) is 11.5. The van der Waals surface area contributed by atoms with Crippen LogP contribution in [0.3, 0.4) is 0 Å². The van der Waals surface area contributed by atoms with Crippen molar-refractivity contribution in [3.8, 4) is 11.3 Å². The molecule has 0 fully saturated rings. The second kappa shape index (κ2) is 8.67. The van der Waals surface area contributed by atoms with E-state index in [0.717, 1.165) is 32.8 Å². The summed E-state index contributed by atoms with van der Waals surface area (Å²) in [6.07, 6.45) is 0. The number of anilines is 1. The summed E-state index contributed by atoms with van der Waals surface area (Å²) in [5.74, 6) is -0.304. The zero-order chi connectivity index (χ0) is 22.1. The molecule has 4 aromatic carbocycles. The van der Waals surface area contributed by atoms with E-state index in [4.69, 9.17) is 23.8 Å². The van der Waals surface area contributed by atoms with E-state index in [0.29, 0.717) is 15.7 Å². The average Bonchev–Trinajstić information content (AvgIpc) is 3.26. The molecule has 0 saturated heterocycles. The molecule has 4 nitrogen and oxygen atoms in total. The van der Waals surface area contributed by atoms with Crippen molar-refractivity contribution in [3.63, 3.8) is 0 Å². The second-order valence-electron chi connectivity index (χ2n) is 7.11. The van der Waals surface area contributed by atoms with Crippen molar-refractivity contribution in [1.29, 1.82) is 0 Å². The van der Waals surface area contributed by atoms with Gasteiger partial charge in [0.15, 0.2) is 10.2 Å². The van der Waals surface area contributed by atoms with Crippen LogP contribution in [0.25, 0.3) is 32.8 Å². The highest BCUT2D eigenvalue weighted by molar-refractivity contribution is 7.80. The summed E-state index contributed by atoms with van der Waals surface area (Å²) in [6, 6.07) is 25.3. The first-order valence-electron chi connectivity index (χ1n) is 9.83. The molecule has 1 amide bonds. The van der Waals surface area contributed by atoms with Crippen LogP contribution in [0, 0.1) is 0 Å². The van der Waals surface area contributed by atoms with Crippen LogP contribution in [-0.4, -0.2) is 16.0 Å². The van der Waals surface area contributed by atoms with Crippen molar-refractivity contribution >= 4 is 72.9 Å². The van der Waals surface area contributed by atoms with E-state index >= 15 is 0 Å². The Morgan fingerprint density at radius 1 is 0.875 bits per heavy atom. The summed E-state index contributed by atoms with van der Waals surface area (Å²) in [5.41, 5.74) is 2.41. The number of thiocarbonyl (C=S) groups is 1. The predicted octanol–water partition coefficient (Wildman–Crippen LogP) is 6.90. The molecule has 5 aromatic rings. The maximum Gasteiger partial charge on any atom is 0.258 e. The first kappa shape index (κ1) is 20.6. The number of fused-ring (bicyclic) bond motifs is 2. The lowest BCUT2D eigenvalue weighted by molar-refractivity contribution is 0.0979. The van der Waals surface area contributed by atoms with Crippen molar-refractivity contribution in [2.75, 3.05) is 5.32 Å². The number of benzene rings is 4. The number of hydrogen-bond acceptors (Lipinski definition) is 4. The molecule has 0 aliphatic carbocycles. The third kappa shape index (κ3) is 3.96. The van der Waals surface area contributed by atoms with Gasteiger partial charge >= 0.3 is 0 Å². The monoisotopic (exact) mass is 473 g/mol. The normalized spacial score (nSPS) is 10.9. The fourth-order valence-electron chi connectivity index (χ4n) is 3.67. The van der Waals surface area contributed by atoms with Crippen molar-refractivity contribution in [3.05, 3.63) is 94.8 Å². The van der Waals surface area contributed by atoms with E-state index < -0.39 is 0 Å². The molecule has 1 heterocycles. The molecule has 0 bridgehead atoms. The number of aromatic nitrogens is 1. The van der Waals surface area contributed by atoms with Gasteiger partial charge in [0.1, 0.15) is 0 Å². The summed E-state index contributed by atoms with van der Waals surface area (Å²) in [7, 11) is 0. The van der Waals surface area contributed by atoms with Crippen LogP contribution < -0.4 is 10.6 Å². The lowest BCUT2D eigenvalue weighted by Crippen LogP contribution is -2.34. The number of nitrogens with one attached hydrogen (secondary N) is 2. The van der Waals surface area contributed by atoms with Crippen molar-refractivity contribution < 1.29 is 4.79 Å². The summed E-state index contributed by atoms with van der Waals surface area (Å²) >= 11 is 13.1. The van der Waals surface area contributed by atoms with Crippen molar-refractivity contribution in [1.82, 2.24) is 10.3 Å². The highest BCUT2D eigenvalue weighted by Gasteiger charge is 2.14. The Bertz CT molecular complexity index is 1490. The van der Waals surface area contributed by atoms with Crippen LogP contribution in [-0.2, 0) is 0 Å². The molecule has 5 rings (SSSR count). The molecular weight excluding hydrogens is 458 g/mol. The third-order valence-electron chi connectivity index (χ3n) is 5.13. The number of amides is 1. The largest absolute Gasteiger partial charge is 0.308 e. The topological polar surface area (TPSA) is 54.0 Å². The third-order valence-corrected chi connectivity index (χ3v) is 6.42. The summed E-state index contributed by atoms with van der Waals surface area (Å²) in [4.78, 5) is 17.5. The van der Waals surface area contributed by atoms with E-state index in [2.05, 4.69) is 33.8 Å². The van der Waals surface area contributed by atoms with Crippen LogP contribution in [0.5, 0.6) is 0 Å². The van der Waals surface area contributed by atoms with Crippen LogP contribution >= 0.6 is 35.2 Å². The van der Waals surface area contributed by atoms with E-state index in [1.54, 1.807) is 18.2 Å². The van der Waals surface area contributed by atoms with Gasteiger partial charge in [-0.3, -0.25) is 10.1 Å². The van der Waals surface area contributed by atoms with E-state index in [9.17, 15) is 4.79 Å². The Hall–Kier alpha value is -3.32. The lowest BCUT2D eigenvalue weighted by Gasteiger charge is -2.10. The van der Waals surface area contributed by atoms with E-state index in [-0.39, 0.29) is 11.0 Å². The van der Waals surface area contributed by atoms with E-state index in [1.807, 2.05) is 47.8 Å². The maximum atomic E-state index is 12.8. The summed E-state index contributed by atoms with van der Waals surface area (Å²) < 4.78 is 0. The molecule has 0 aliphatic heterocycles. The Labute approximate surface area is 198 Å². The van der Waals surface area contributed by atoms with Gasteiger partial charge in [0, 0.05) is 26.9 Å². The molecule has 32 heavy (non-hydrogen) atoms. The molecule has 7 heteroatoms. The number of rotatable bonds is 3. The Morgan fingerprint density at radius 2 is 1.59 bits per heavy atom. The van der Waals surface area contributed by atoms with E-state index in [1.165, 1.54) is 11.3 Å². The van der Waals surface area contributed by atoms with Gasteiger partial charge in [-0.15, -0.1) is 11.3 Å². The maximum absolute atomic E-state index is 12.8. The summed E-state index contributed by atoms with van der Waals surface area (Å²) in [5, 5.41) is 13.0. The molecule has 2 N–H and O–H groups in total. The number of halogens is 1. The molecule has 1 aromatic heterocycles. The van der Waals surface area contributed by atoms with Gasteiger partial charge < -0.3 is 5.32 Å². The standard InChI is InChI=1S/C25H16ClN3OS2/c26-21-13-5-9-17-18(21)10-4-12-20(17)23(30)28-24(31)29-25-27-22(14-32-25)19-11-3-7-15-6-1-2-8-16(15)19/h1-14H,(H2,27,28,29,30,31). The lowest BCUT2D eigenvalue weighted by atomic mass is 10.0. The average molecular weight is 474 g/mol. The number of carbonyl (C=O) groups is 1. The van der Waals surface area contributed by atoms with Crippen LogP contribution in [0.1, 0.15) is 10.4 Å². The molecule has 0 spiro atoms. The number of carbonyl (C=O) groups excluding carboxylic acids is 1. The number of thiazole rings is 1. The van der Waals surface area contributed by atoms with Gasteiger partial charge in [-0.25, -0.2) is 4.98 Å². The van der Waals surface area contributed by atoms with Gasteiger partial charge in [0.25, 0.3) is 5.91 Å². The van der Waals surface area contributed by atoms with Gasteiger partial charge in [0.2, 0.25) is 0 Å². The fourth-order valence-corrected chi connectivity index (χ4v) is 4.88. The zero-order valence-electron chi connectivity index (χ0n) is 16.6. The SMILES string of the molecule is O=C(NC(=S)Nc1nc(-c2cccc3ccccc23)cs1)c1cccc2c(Cl)cccc12. The second-order valence-corrected chi connectivity index (χ2v) is 8.79. The van der Waals surface area contributed by atoms with Crippen LogP contribution in [0.2, 0.25) is 5.02 Å².